The molecule has 0 unspecified atom stereocenters. The van der Waals surface area contributed by atoms with Gasteiger partial charge in [-0.1, -0.05) is 13.3 Å². The van der Waals surface area contributed by atoms with Crippen molar-refractivity contribution in [1.29, 1.82) is 5.41 Å². The number of hydrogen-bond donors (Lipinski definition) is 2. The number of aromatic nitrogens is 2. The van der Waals surface area contributed by atoms with Crippen molar-refractivity contribution in [2.24, 2.45) is 5.73 Å². The van der Waals surface area contributed by atoms with Gasteiger partial charge in [-0.2, -0.15) is 0 Å². The Kier molecular flexibility index (Phi) is 4.30. The largest absolute Gasteiger partial charge is 0.384 e. The number of nitrogens with zero attached hydrogens (tertiary/aromatic N) is 3. The fraction of sp³-hybridized carbons (Fsp3) is 0.267. The van der Waals surface area contributed by atoms with Crippen LogP contribution in [0.5, 0.6) is 0 Å². The Morgan fingerprint density at radius 3 is 2.55 bits per heavy atom. The number of nitrogens with one attached hydrogen (secondary N) is 1. The molecule has 0 atom stereocenters. The first-order valence-corrected chi connectivity index (χ1v) is 6.61. The lowest BCUT2D eigenvalue weighted by Gasteiger charge is -2.18. The van der Waals surface area contributed by atoms with E-state index in [1.54, 1.807) is 6.33 Å². The molecular formula is C15H19N5. The lowest BCUT2D eigenvalue weighted by molar-refractivity contribution is 0.869. The van der Waals surface area contributed by atoms with E-state index in [9.17, 15) is 0 Å². The minimum atomic E-state index is 0.0754. The van der Waals surface area contributed by atoms with Crippen LogP contribution in [0, 0.1) is 5.41 Å². The number of nitrogen functional groups attached to an aromatic ring is 1. The molecule has 0 bridgehead atoms. The summed E-state index contributed by atoms with van der Waals surface area (Å²) in [5.74, 6) is 0.936. The molecule has 0 saturated heterocycles. The zero-order valence-corrected chi connectivity index (χ0v) is 11.8. The number of hydrogen-bond acceptors (Lipinski definition) is 4. The van der Waals surface area contributed by atoms with Crippen LogP contribution in [0.2, 0.25) is 0 Å². The summed E-state index contributed by atoms with van der Waals surface area (Å²) in [6.45, 7) is 2.13. The van der Waals surface area contributed by atoms with Crippen LogP contribution in [0.25, 0.3) is 0 Å². The van der Waals surface area contributed by atoms with Gasteiger partial charge in [0.15, 0.2) is 0 Å². The molecule has 0 aliphatic carbocycles. The van der Waals surface area contributed by atoms with Gasteiger partial charge in [-0.05, 0) is 30.7 Å². The highest BCUT2D eigenvalue weighted by Crippen LogP contribution is 2.22. The summed E-state index contributed by atoms with van der Waals surface area (Å²) in [5.41, 5.74) is 8.21. The third-order valence-electron chi connectivity index (χ3n) is 3.12. The first kappa shape index (κ1) is 14.0. The van der Waals surface area contributed by atoms with E-state index in [0.717, 1.165) is 35.6 Å². The van der Waals surface area contributed by atoms with Crippen molar-refractivity contribution in [3.8, 4) is 0 Å². The molecule has 0 amide bonds. The molecule has 2 rings (SSSR count). The van der Waals surface area contributed by atoms with Crippen molar-refractivity contribution in [1.82, 2.24) is 9.97 Å². The summed E-state index contributed by atoms with van der Waals surface area (Å²) < 4.78 is 0. The topological polar surface area (TPSA) is 78.9 Å². The van der Waals surface area contributed by atoms with E-state index in [0.29, 0.717) is 0 Å². The second-order valence-corrected chi connectivity index (χ2v) is 4.64. The average molecular weight is 269 g/mol. The van der Waals surface area contributed by atoms with Crippen LogP contribution in [0.3, 0.4) is 0 Å². The molecular weight excluding hydrogens is 250 g/mol. The number of anilines is 2. The van der Waals surface area contributed by atoms with Gasteiger partial charge in [0.2, 0.25) is 0 Å². The fourth-order valence-corrected chi connectivity index (χ4v) is 1.96. The number of nitrogens with two attached hydrogens (primary N) is 1. The van der Waals surface area contributed by atoms with Crippen LogP contribution < -0.4 is 10.6 Å². The molecule has 0 saturated carbocycles. The summed E-state index contributed by atoms with van der Waals surface area (Å²) in [6.07, 6.45) is 3.61. The standard InChI is InChI=1S/C15H19N5/c1-3-4-12-9-14(19-10-18-12)20(2)13-7-5-11(6-8-13)15(16)17/h5-10H,3-4H2,1-2H3,(H3,16,17). The molecule has 0 aliphatic heterocycles. The Morgan fingerprint density at radius 1 is 1.25 bits per heavy atom. The fourth-order valence-electron chi connectivity index (χ4n) is 1.96. The first-order valence-electron chi connectivity index (χ1n) is 6.61. The van der Waals surface area contributed by atoms with Crippen LogP contribution in [-0.4, -0.2) is 22.9 Å². The number of aryl methyl sites for hydroxylation is 1. The molecule has 5 nitrogen and oxygen atoms in total. The van der Waals surface area contributed by atoms with Gasteiger partial charge >= 0.3 is 0 Å². The van der Waals surface area contributed by atoms with Crippen LogP contribution in [0.15, 0.2) is 36.7 Å². The second-order valence-electron chi connectivity index (χ2n) is 4.64. The van der Waals surface area contributed by atoms with Crippen LogP contribution in [0.1, 0.15) is 24.6 Å². The van der Waals surface area contributed by atoms with Crippen molar-refractivity contribution in [2.75, 3.05) is 11.9 Å². The van der Waals surface area contributed by atoms with Gasteiger partial charge in [-0.3, -0.25) is 5.41 Å². The number of amidine groups is 1. The zero-order valence-electron chi connectivity index (χ0n) is 11.8. The maximum absolute atomic E-state index is 7.40. The van der Waals surface area contributed by atoms with Crippen molar-refractivity contribution in [3.05, 3.63) is 47.9 Å². The van der Waals surface area contributed by atoms with Gasteiger partial charge in [0.25, 0.3) is 0 Å². The Bertz CT molecular complexity index is 591. The minimum Gasteiger partial charge on any atom is -0.384 e. The van der Waals surface area contributed by atoms with Crippen LogP contribution >= 0.6 is 0 Å². The summed E-state index contributed by atoms with van der Waals surface area (Å²) in [5, 5.41) is 7.40. The minimum absolute atomic E-state index is 0.0754. The summed E-state index contributed by atoms with van der Waals surface area (Å²) in [4.78, 5) is 10.6. The summed E-state index contributed by atoms with van der Waals surface area (Å²) in [6, 6.07) is 9.53. The van der Waals surface area contributed by atoms with Crippen LogP contribution in [-0.2, 0) is 6.42 Å². The highest BCUT2D eigenvalue weighted by atomic mass is 15.2. The van der Waals surface area contributed by atoms with Crippen LogP contribution in [0.4, 0.5) is 11.5 Å². The second kappa shape index (κ2) is 6.14. The lowest BCUT2D eigenvalue weighted by Crippen LogP contribution is -2.14. The molecule has 3 N–H and O–H groups in total. The van der Waals surface area contributed by atoms with Gasteiger partial charge < -0.3 is 10.6 Å². The molecule has 5 heteroatoms. The molecule has 0 fully saturated rings. The van der Waals surface area contributed by atoms with Crippen molar-refractivity contribution < 1.29 is 0 Å². The van der Waals surface area contributed by atoms with E-state index in [1.165, 1.54) is 0 Å². The average Bonchev–Trinajstić information content (AvgIpc) is 2.47. The first-order chi connectivity index (χ1) is 9.61. The lowest BCUT2D eigenvalue weighted by atomic mass is 10.2. The van der Waals surface area contributed by atoms with E-state index in [1.807, 2.05) is 42.3 Å². The molecule has 104 valence electrons. The summed E-state index contributed by atoms with van der Waals surface area (Å²) >= 11 is 0. The normalized spacial score (nSPS) is 10.3. The Morgan fingerprint density at radius 2 is 1.95 bits per heavy atom. The Hall–Kier alpha value is -2.43. The van der Waals surface area contributed by atoms with Gasteiger partial charge in [0.1, 0.15) is 18.0 Å². The van der Waals surface area contributed by atoms with Gasteiger partial charge in [-0.15, -0.1) is 0 Å². The molecule has 1 heterocycles. The molecule has 0 radical (unpaired) electrons. The molecule has 1 aromatic carbocycles. The highest BCUT2D eigenvalue weighted by molar-refractivity contribution is 5.95. The molecule has 0 aliphatic rings. The smallest absolute Gasteiger partial charge is 0.136 e. The van der Waals surface area contributed by atoms with Gasteiger partial charge in [0, 0.05) is 30.1 Å². The molecule has 1 aromatic heterocycles. The van der Waals surface area contributed by atoms with Gasteiger partial charge in [-0.25, -0.2) is 9.97 Å². The third kappa shape index (κ3) is 3.12. The van der Waals surface area contributed by atoms with Crippen molar-refractivity contribution in [2.45, 2.75) is 19.8 Å². The zero-order chi connectivity index (χ0) is 14.5. The summed E-state index contributed by atoms with van der Waals surface area (Å²) in [7, 11) is 1.96. The molecule has 20 heavy (non-hydrogen) atoms. The monoisotopic (exact) mass is 269 g/mol. The predicted molar refractivity (Wildman–Crippen MR) is 81.5 cm³/mol. The maximum Gasteiger partial charge on any atom is 0.136 e. The van der Waals surface area contributed by atoms with E-state index in [2.05, 4.69) is 16.9 Å². The van der Waals surface area contributed by atoms with Gasteiger partial charge in [0.05, 0.1) is 0 Å². The number of rotatable bonds is 5. The maximum atomic E-state index is 7.40. The van der Waals surface area contributed by atoms with Crippen molar-refractivity contribution >= 4 is 17.3 Å². The van der Waals surface area contributed by atoms with Crippen molar-refractivity contribution in [3.63, 3.8) is 0 Å². The Balaban J connectivity index is 2.23. The predicted octanol–water partition coefficient (Wildman–Crippen LogP) is 2.48. The van der Waals surface area contributed by atoms with E-state index in [-0.39, 0.29) is 5.84 Å². The Labute approximate surface area is 119 Å². The molecule has 0 spiro atoms. The highest BCUT2D eigenvalue weighted by Gasteiger charge is 2.07. The quantitative estimate of drug-likeness (QED) is 0.645. The number of benzene rings is 1. The van der Waals surface area contributed by atoms with E-state index in [4.69, 9.17) is 11.1 Å². The van der Waals surface area contributed by atoms with E-state index < -0.39 is 0 Å². The third-order valence-corrected chi connectivity index (χ3v) is 3.12. The SMILES string of the molecule is CCCc1cc(N(C)c2ccc(C(=N)N)cc2)ncn1. The van der Waals surface area contributed by atoms with E-state index >= 15 is 0 Å². The molecule has 2 aromatic rings.